The molecular formula is C15H23N3O2S. The third-order valence-electron chi connectivity index (χ3n) is 3.71. The van der Waals surface area contributed by atoms with Crippen molar-refractivity contribution in [2.75, 3.05) is 29.9 Å². The van der Waals surface area contributed by atoms with E-state index in [1.807, 2.05) is 23.9 Å². The van der Waals surface area contributed by atoms with Crippen LogP contribution in [0.2, 0.25) is 0 Å². The topological polar surface area (TPSA) is 58.4 Å². The predicted octanol–water partition coefficient (Wildman–Crippen LogP) is 3.35. The fourth-order valence-electron chi connectivity index (χ4n) is 2.47. The standard InChI is InChI=1S/C15H23N3O2S/c1-3-6-16-14-9-13(4-5-15(14)18(19)20)10-17-7-8-21-11-12(17)2/h4-5,9,12,16H,3,6-8,10-11H2,1-2H3. The van der Waals surface area contributed by atoms with Gasteiger partial charge in [-0.25, -0.2) is 0 Å². The van der Waals surface area contributed by atoms with Crippen LogP contribution in [0, 0.1) is 10.1 Å². The fourth-order valence-corrected chi connectivity index (χ4v) is 3.56. The molecule has 1 unspecified atom stereocenters. The maximum Gasteiger partial charge on any atom is 0.292 e. The molecule has 0 bridgehead atoms. The van der Waals surface area contributed by atoms with Gasteiger partial charge in [0, 0.05) is 43.2 Å². The van der Waals surface area contributed by atoms with Gasteiger partial charge in [0.15, 0.2) is 0 Å². The monoisotopic (exact) mass is 309 g/mol. The van der Waals surface area contributed by atoms with E-state index < -0.39 is 0 Å². The van der Waals surface area contributed by atoms with Crippen molar-refractivity contribution >= 4 is 23.1 Å². The first-order chi connectivity index (χ1) is 10.1. The summed E-state index contributed by atoms with van der Waals surface area (Å²) in [6.07, 6.45) is 0.946. The molecule has 116 valence electrons. The lowest BCUT2D eigenvalue weighted by atomic mass is 10.1. The first-order valence-electron chi connectivity index (χ1n) is 7.44. The van der Waals surface area contributed by atoms with Gasteiger partial charge in [-0.3, -0.25) is 15.0 Å². The maximum atomic E-state index is 11.1. The highest BCUT2D eigenvalue weighted by atomic mass is 32.2. The largest absolute Gasteiger partial charge is 0.379 e. The first kappa shape index (κ1) is 16.1. The Bertz CT molecular complexity index is 496. The van der Waals surface area contributed by atoms with Gasteiger partial charge in [0.25, 0.3) is 5.69 Å². The molecule has 2 rings (SSSR count). The minimum atomic E-state index is -0.318. The summed E-state index contributed by atoms with van der Waals surface area (Å²) < 4.78 is 0. The van der Waals surface area contributed by atoms with Crippen molar-refractivity contribution in [3.05, 3.63) is 33.9 Å². The number of anilines is 1. The molecule has 1 atom stereocenters. The average Bonchev–Trinajstić information content (AvgIpc) is 2.47. The SMILES string of the molecule is CCCNc1cc(CN2CCSCC2C)ccc1[N+](=O)[O-]. The van der Waals surface area contributed by atoms with Crippen molar-refractivity contribution in [2.24, 2.45) is 0 Å². The normalized spacial score (nSPS) is 19.4. The minimum absolute atomic E-state index is 0.162. The van der Waals surface area contributed by atoms with E-state index in [4.69, 9.17) is 0 Å². The Hall–Kier alpha value is -1.27. The van der Waals surface area contributed by atoms with Gasteiger partial charge < -0.3 is 5.32 Å². The fraction of sp³-hybridized carbons (Fsp3) is 0.600. The summed E-state index contributed by atoms with van der Waals surface area (Å²) in [5, 5.41) is 14.3. The van der Waals surface area contributed by atoms with Gasteiger partial charge in [-0.05, 0) is 25.0 Å². The van der Waals surface area contributed by atoms with Crippen LogP contribution in [0.15, 0.2) is 18.2 Å². The Kier molecular flexibility index (Phi) is 5.87. The number of nitrogens with zero attached hydrogens (tertiary/aromatic N) is 2. The Morgan fingerprint density at radius 1 is 1.52 bits per heavy atom. The van der Waals surface area contributed by atoms with Crippen LogP contribution in [0.25, 0.3) is 0 Å². The highest BCUT2D eigenvalue weighted by Gasteiger charge is 2.20. The number of nitro benzene ring substituents is 1. The number of nitro groups is 1. The molecular weight excluding hydrogens is 286 g/mol. The summed E-state index contributed by atoms with van der Waals surface area (Å²) in [5.41, 5.74) is 1.94. The second-order valence-corrected chi connectivity index (χ2v) is 6.58. The third-order valence-corrected chi connectivity index (χ3v) is 4.90. The number of benzene rings is 1. The summed E-state index contributed by atoms with van der Waals surface area (Å²) in [6, 6.07) is 5.99. The van der Waals surface area contributed by atoms with E-state index in [1.54, 1.807) is 6.07 Å². The second-order valence-electron chi connectivity index (χ2n) is 5.43. The van der Waals surface area contributed by atoms with Crippen LogP contribution in [0.5, 0.6) is 0 Å². The van der Waals surface area contributed by atoms with Gasteiger partial charge in [0.2, 0.25) is 0 Å². The molecule has 5 nitrogen and oxygen atoms in total. The van der Waals surface area contributed by atoms with Crippen molar-refractivity contribution in [2.45, 2.75) is 32.9 Å². The molecule has 0 aliphatic carbocycles. The summed E-state index contributed by atoms with van der Waals surface area (Å²) in [4.78, 5) is 13.2. The Morgan fingerprint density at radius 2 is 2.33 bits per heavy atom. The molecule has 1 aliphatic heterocycles. The van der Waals surface area contributed by atoms with Crippen LogP contribution in [0.4, 0.5) is 11.4 Å². The molecule has 0 amide bonds. The van der Waals surface area contributed by atoms with Gasteiger partial charge in [0.05, 0.1) is 4.92 Å². The zero-order chi connectivity index (χ0) is 15.2. The highest BCUT2D eigenvalue weighted by molar-refractivity contribution is 7.99. The summed E-state index contributed by atoms with van der Waals surface area (Å²) >= 11 is 1.99. The van der Waals surface area contributed by atoms with Crippen LogP contribution in [0.3, 0.4) is 0 Å². The lowest BCUT2D eigenvalue weighted by Crippen LogP contribution is -2.39. The smallest absolute Gasteiger partial charge is 0.292 e. The van der Waals surface area contributed by atoms with Crippen LogP contribution in [0.1, 0.15) is 25.8 Å². The van der Waals surface area contributed by atoms with Crippen molar-refractivity contribution in [1.29, 1.82) is 0 Å². The van der Waals surface area contributed by atoms with Crippen LogP contribution >= 0.6 is 11.8 Å². The van der Waals surface area contributed by atoms with Crippen molar-refractivity contribution in [3.8, 4) is 0 Å². The molecule has 1 aliphatic rings. The van der Waals surface area contributed by atoms with E-state index in [0.717, 1.165) is 43.1 Å². The summed E-state index contributed by atoms with van der Waals surface area (Å²) in [7, 11) is 0. The maximum absolute atomic E-state index is 11.1. The lowest BCUT2D eigenvalue weighted by Gasteiger charge is -2.33. The molecule has 1 saturated heterocycles. The van der Waals surface area contributed by atoms with E-state index in [1.165, 1.54) is 0 Å². The molecule has 1 aromatic carbocycles. The molecule has 6 heteroatoms. The Labute approximate surface area is 130 Å². The van der Waals surface area contributed by atoms with E-state index in [-0.39, 0.29) is 10.6 Å². The van der Waals surface area contributed by atoms with E-state index >= 15 is 0 Å². The molecule has 1 aromatic rings. The molecule has 0 spiro atoms. The molecule has 0 saturated carbocycles. The lowest BCUT2D eigenvalue weighted by molar-refractivity contribution is -0.384. The number of rotatable bonds is 6. The van der Waals surface area contributed by atoms with Gasteiger partial charge in [-0.2, -0.15) is 11.8 Å². The zero-order valence-corrected chi connectivity index (χ0v) is 13.5. The number of thioether (sulfide) groups is 1. The summed E-state index contributed by atoms with van der Waals surface area (Å²) in [6.45, 7) is 6.99. The molecule has 1 heterocycles. The van der Waals surface area contributed by atoms with Crippen LogP contribution in [-0.4, -0.2) is 40.5 Å². The quantitative estimate of drug-likeness (QED) is 0.645. The molecule has 0 radical (unpaired) electrons. The minimum Gasteiger partial charge on any atom is -0.379 e. The summed E-state index contributed by atoms with van der Waals surface area (Å²) in [5.74, 6) is 2.33. The number of hydrogen-bond donors (Lipinski definition) is 1. The van der Waals surface area contributed by atoms with Crippen molar-refractivity contribution in [3.63, 3.8) is 0 Å². The molecule has 1 fully saturated rings. The van der Waals surface area contributed by atoms with Gasteiger partial charge in [-0.1, -0.05) is 13.0 Å². The Morgan fingerprint density at radius 3 is 3.00 bits per heavy atom. The second kappa shape index (κ2) is 7.66. The van der Waals surface area contributed by atoms with Crippen LogP contribution < -0.4 is 5.32 Å². The van der Waals surface area contributed by atoms with Crippen LogP contribution in [-0.2, 0) is 6.54 Å². The van der Waals surface area contributed by atoms with Gasteiger partial charge >= 0.3 is 0 Å². The van der Waals surface area contributed by atoms with E-state index in [0.29, 0.717) is 11.7 Å². The Balaban J connectivity index is 2.14. The molecule has 0 aromatic heterocycles. The number of nitrogens with one attached hydrogen (secondary N) is 1. The average molecular weight is 309 g/mol. The molecule has 21 heavy (non-hydrogen) atoms. The first-order valence-corrected chi connectivity index (χ1v) is 8.60. The number of hydrogen-bond acceptors (Lipinski definition) is 5. The van der Waals surface area contributed by atoms with E-state index in [2.05, 4.69) is 24.1 Å². The zero-order valence-electron chi connectivity index (χ0n) is 12.7. The third kappa shape index (κ3) is 4.35. The highest BCUT2D eigenvalue weighted by Crippen LogP contribution is 2.27. The van der Waals surface area contributed by atoms with Crippen molar-refractivity contribution in [1.82, 2.24) is 4.90 Å². The molecule has 1 N–H and O–H groups in total. The van der Waals surface area contributed by atoms with E-state index in [9.17, 15) is 10.1 Å². The predicted molar refractivity (Wildman–Crippen MR) is 89.1 cm³/mol. The van der Waals surface area contributed by atoms with Crippen molar-refractivity contribution < 1.29 is 4.92 Å². The van der Waals surface area contributed by atoms with Gasteiger partial charge in [-0.15, -0.1) is 0 Å². The van der Waals surface area contributed by atoms with Gasteiger partial charge in [0.1, 0.15) is 5.69 Å².